The van der Waals surface area contributed by atoms with Gasteiger partial charge >= 0.3 is 0 Å². The van der Waals surface area contributed by atoms with E-state index in [1.807, 2.05) is 6.07 Å². The van der Waals surface area contributed by atoms with Gasteiger partial charge in [-0.1, -0.05) is 66.8 Å². The summed E-state index contributed by atoms with van der Waals surface area (Å²) in [4.78, 5) is 7.41. The fraction of sp³-hybridized carbons (Fsp3) is 0.227. The lowest BCUT2D eigenvalue weighted by Gasteiger charge is -2.22. The molecule has 0 saturated heterocycles. The number of imidazole rings is 1. The highest BCUT2D eigenvalue weighted by atomic mass is 15.2. The maximum Gasteiger partial charge on any atom is 0.123 e. The van der Waals surface area contributed by atoms with Gasteiger partial charge in [-0.3, -0.25) is 4.90 Å². The molecular formula is C22H23N3. The van der Waals surface area contributed by atoms with E-state index in [0.29, 0.717) is 0 Å². The number of hydrogen-bond acceptors (Lipinski definition) is 2. The molecule has 3 nitrogen and oxygen atoms in total. The van der Waals surface area contributed by atoms with E-state index in [9.17, 15) is 0 Å². The van der Waals surface area contributed by atoms with Gasteiger partial charge in [-0.15, -0.1) is 0 Å². The molecule has 0 bridgehead atoms. The molecule has 1 aromatic heterocycles. The maximum atomic E-state index is 4.96. The van der Waals surface area contributed by atoms with Crippen LogP contribution in [0.15, 0.2) is 60.7 Å². The van der Waals surface area contributed by atoms with Crippen LogP contribution in [0.5, 0.6) is 0 Å². The molecule has 0 aliphatic carbocycles. The first-order valence-corrected chi connectivity index (χ1v) is 8.86. The van der Waals surface area contributed by atoms with Gasteiger partial charge in [0.15, 0.2) is 0 Å². The molecule has 1 aliphatic rings. The maximum absolute atomic E-state index is 4.96. The van der Waals surface area contributed by atoms with Crippen LogP contribution in [0.2, 0.25) is 0 Å². The number of benzene rings is 2. The molecule has 0 radical (unpaired) electrons. The molecule has 3 heteroatoms. The van der Waals surface area contributed by atoms with Crippen molar-refractivity contribution < 1.29 is 0 Å². The van der Waals surface area contributed by atoms with Gasteiger partial charge in [-0.2, -0.15) is 0 Å². The van der Waals surface area contributed by atoms with E-state index < -0.39 is 0 Å². The molecule has 0 unspecified atom stereocenters. The van der Waals surface area contributed by atoms with Crippen LogP contribution in [0.3, 0.4) is 0 Å². The van der Waals surface area contributed by atoms with Gasteiger partial charge in [0.1, 0.15) is 5.82 Å². The molecule has 3 aromatic rings. The predicted octanol–water partition coefficient (Wildman–Crippen LogP) is 4.51. The Hall–Kier alpha value is -2.65. The second kappa shape index (κ2) is 7.08. The second-order valence-electron chi connectivity index (χ2n) is 6.54. The highest BCUT2D eigenvalue weighted by molar-refractivity contribution is 5.88. The summed E-state index contributed by atoms with van der Waals surface area (Å²) in [5.74, 6) is 1.13. The van der Waals surface area contributed by atoms with Crippen molar-refractivity contribution >= 4 is 23.2 Å². The van der Waals surface area contributed by atoms with Crippen molar-refractivity contribution in [3.8, 4) is 0 Å². The smallest absolute Gasteiger partial charge is 0.123 e. The number of rotatable bonds is 4. The molecule has 0 saturated carbocycles. The summed E-state index contributed by atoms with van der Waals surface area (Å²) in [5, 5.41) is 0. The van der Waals surface area contributed by atoms with Crippen molar-refractivity contribution in [2.24, 2.45) is 7.05 Å². The quantitative estimate of drug-likeness (QED) is 0.519. The van der Waals surface area contributed by atoms with Crippen LogP contribution in [-0.4, -0.2) is 27.5 Å². The summed E-state index contributed by atoms with van der Waals surface area (Å²) in [6.07, 6.45) is 9.96. The average molecular weight is 329 g/mol. The highest BCUT2D eigenvalue weighted by Crippen LogP contribution is 2.22. The zero-order valence-corrected chi connectivity index (χ0v) is 14.6. The van der Waals surface area contributed by atoms with E-state index in [4.69, 9.17) is 4.98 Å². The predicted molar refractivity (Wildman–Crippen MR) is 105 cm³/mol. The molecule has 0 N–H and O–H groups in total. The van der Waals surface area contributed by atoms with Crippen molar-refractivity contribution in [3.63, 3.8) is 0 Å². The number of hydrogen-bond donors (Lipinski definition) is 0. The minimum Gasteiger partial charge on any atom is -0.330 e. The van der Waals surface area contributed by atoms with Crippen molar-refractivity contribution in [2.45, 2.75) is 13.0 Å². The van der Waals surface area contributed by atoms with Crippen molar-refractivity contribution in [1.82, 2.24) is 14.5 Å². The Morgan fingerprint density at radius 1 is 1.00 bits per heavy atom. The van der Waals surface area contributed by atoms with Crippen molar-refractivity contribution in [2.75, 3.05) is 13.1 Å². The van der Waals surface area contributed by atoms with Gasteiger partial charge in [-0.25, -0.2) is 4.98 Å². The standard InChI is InChI=1S/C22H23N3/c1-24-20-12-8-11-19(14-13-18-9-4-2-5-10-18)22(20)23-21(24)17-25-15-6-3-7-16-25/h2-6,8-14H,7,15-17H2,1H3. The summed E-state index contributed by atoms with van der Waals surface area (Å²) in [6.45, 7) is 3.03. The lowest BCUT2D eigenvalue weighted by Crippen LogP contribution is -2.27. The number of aromatic nitrogens is 2. The minimum absolute atomic E-state index is 0.900. The first-order valence-electron chi connectivity index (χ1n) is 8.86. The summed E-state index contributed by atoms with van der Waals surface area (Å²) < 4.78 is 2.23. The summed E-state index contributed by atoms with van der Waals surface area (Å²) in [7, 11) is 2.12. The van der Waals surface area contributed by atoms with Crippen LogP contribution < -0.4 is 0 Å². The number of para-hydroxylation sites is 1. The van der Waals surface area contributed by atoms with Gasteiger partial charge in [0, 0.05) is 25.7 Å². The molecule has 0 fully saturated rings. The van der Waals surface area contributed by atoms with Crippen LogP contribution in [0.25, 0.3) is 23.2 Å². The molecular weight excluding hydrogens is 306 g/mol. The van der Waals surface area contributed by atoms with Crippen LogP contribution in [-0.2, 0) is 13.6 Å². The fourth-order valence-electron chi connectivity index (χ4n) is 3.34. The molecule has 2 heterocycles. The third kappa shape index (κ3) is 3.42. The van der Waals surface area contributed by atoms with E-state index in [-0.39, 0.29) is 0 Å². The zero-order chi connectivity index (χ0) is 17.1. The van der Waals surface area contributed by atoms with Crippen LogP contribution in [0.4, 0.5) is 0 Å². The van der Waals surface area contributed by atoms with E-state index in [1.54, 1.807) is 0 Å². The average Bonchev–Trinajstić information content (AvgIpc) is 2.98. The third-order valence-electron chi connectivity index (χ3n) is 4.80. The van der Waals surface area contributed by atoms with Gasteiger partial charge in [0.2, 0.25) is 0 Å². The first-order chi connectivity index (χ1) is 12.3. The van der Waals surface area contributed by atoms with E-state index >= 15 is 0 Å². The molecule has 0 amide bonds. The molecule has 25 heavy (non-hydrogen) atoms. The Balaban J connectivity index is 1.66. The lowest BCUT2D eigenvalue weighted by atomic mass is 10.1. The second-order valence-corrected chi connectivity index (χ2v) is 6.54. The van der Waals surface area contributed by atoms with Gasteiger partial charge in [0.25, 0.3) is 0 Å². The van der Waals surface area contributed by atoms with Crippen molar-refractivity contribution in [3.05, 3.63) is 77.6 Å². The Morgan fingerprint density at radius 3 is 2.68 bits per heavy atom. The van der Waals surface area contributed by atoms with Crippen LogP contribution >= 0.6 is 0 Å². The Morgan fingerprint density at radius 2 is 1.88 bits per heavy atom. The number of aryl methyl sites for hydroxylation is 1. The van der Waals surface area contributed by atoms with Gasteiger partial charge in [0.05, 0.1) is 17.6 Å². The molecule has 126 valence electrons. The van der Waals surface area contributed by atoms with Crippen LogP contribution in [0.1, 0.15) is 23.4 Å². The largest absolute Gasteiger partial charge is 0.330 e. The first kappa shape index (κ1) is 15.9. The topological polar surface area (TPSA) is 21.1 Å². The molecule has 2 aromatic carbocycles. The zero-order valence-electron chi connectivity index (χ0n) is 14.6. The normalized spacial score (nSPS) is 15.4. The highest BCUT2D eigenvalue weighted by Gasteiger charge is 2.14. The van der Waals surface area contributed by atoms with Gasteiger partial charge < -0.3 is 4.57 Å². The summed E-state index contributed by atoms with van der Waals surface area (Å²) in [5.41, 5.74) is 4.65. The Kier molecular flexibility index (Phi) is 4.49. The fourth-order valence-corrected chi connectivity index (χ4v) is 3.34. The summed E-state index contributed by atoms with van der Waals surface area (Å²) in [6, 6.07) is 16.8. The molecule has 1 aliphatic heterocycles. The lowest BCUT2D eigenvalue weighted by molar-refractivity contribution is 0.281. The van der Waals surface area contributed by atoms with Gasteiger partial charge in [-0.05, 0) is 18.1 Å². The van der Waals surface area contributed by atoms with E-state index in [0.717, 1.165) is 37.4 Å². The van der Waals surface area contributed by atoms with E-state index in [2.05, 4.69) is 83.3 Å². The van der Waals surface area contributed by atoms with Crippen LogP contribution in [0, 0.1) is 0 Å². The number of nitrogens with zero attached hydrogens (tertiary/aromatic N) is 3. The third-order valence-corrected chi connectivity index (χ3v) is 4.80. The Bertz CT molecular complexity index is 919. The Labute approximate surface area is 148 Å². The molecule has 0 spiro atoms. The van der Waals surface area contributed by atoms with Crippen molar-refractivity contribution in [1.29, 1.82) is 0 Å². The number of fused-ring (bicyclic) bond motifs is 1. The SMILES string of the molecule is Cn1c(CN2CC=CCC2)nc2c(C=Cc3ccccc3)cccc21. The minimum atomic E-state index is 0.900. The van der Waals surface area contributed by atoms with E-state index in [1.165, 1.54) is 16.6 Å². The monoisotopic (exact) mass is 329 g/mol. The summed E-state index contributed by atoms with van der Waals surface area (Å²) >= 11 is 0. The molecule has 0 atom stereocenters. The molecule has 4 rings (SSSR count).